The van der Waals surface area contributed by atoms with E-state index in [2.05, 4.69) is 4.98 Å². The first kappa shape index (κ1) is 13.2. The van der Waals surface area contributed by atoms with Gasteiger partial charge in [-0.2, -0.15) is 0 Å². The SMILES string of the molecule is CN1C(=O)/C(=C/c2nccs2)c2cc(S(=O)[O-])ccc21. The van der Waals surface area contributed by atoms with E-state index in [0.29, 0.717) is 21.8 Å². The third kappa shape index (κ3) is 2.09. The van der Waals surface area contributed by atoms with Crippen molar-refractivity contribution >= 4 is 45.7 Å². The van der Waals surface area contributed by atoms with Crippen LogP contribution in [0.25, 0.3) is 11.6 Å². The molecule has 1 aromatic heterocycles. The summed E-state index contributed by atoms with van der Waals surface area (Å²) in [7, 11) is 1.66. The van der Waals surface area contributed by atoms with Crippen LogP contribution in [0.1, 0.15) is 10.6 Å². The number of amides is 1. The number of fused-ring (bicyclic) bond motifs is 1. The Kier molecular flexibility index (Phi) is 3.25. The van der Waals surface area contributed by atoms with Crippen LogP contribution in [0.5, 0.6) is 0 Å². The van der Waals surface area contributed by atoms with E-state index < -0.39 is 11.1 Å². The summed E-state index contributed by atoms with van der Waals surface area (Å²) in [4.78, 5) is 18.0. The maximum Gasteiger partial charge on any atom is 0.258 e. The molecular formula is C13H9N2O3S2-. The van der Waals surface area contributed by atoms with Crippen LogP contribution in [0.3, 0.4) is 0 Å². The van der Waals surface area contributed by atoms with Crippen LogP contribution in [0.2, 0.25) is 0 Å². The molecule has 1 aliphatic rings. The molecule has 2 heterocycles. The molecule has 1 atom stereocenters. The molecule has 0 spiro atoms. The van der Waals surface area contributed by atoms with Crippen LogP contribution in [-0.4, -0.2) is 26.7 Å². The quantitative estimate of drug-likeness (QED) is 0.627. The minimum Gasteiger partial charge on any atom is -0.768 e. The lowest BCUT2D eigenvalue weighted by Crippen LogP contribution is -2.20. The molecule has 0 saturated carbocycles. The largest absolute Gasteiger partial charge is 0.768 e. The number of hydrogen-bond acceptors (Lipinski definition) is 5. The lowest BCUT2D eigenvalue weighted by molar-refractivity contribution is -0.112. The van der Waals surface area contributed by atoms with Gasteiger partial charge in [-0.15, -0.1) is 11.3 Å². The smallest absolute Gasteiger partial charge is 0.258 e. The molecule has 0 radical (unpaired) electrons. The van der Waals surface area contributed by atoms with Crippen molar-refractivity contribution in [3.63, 3.8) is 0 Å². The van der Waals surface area contributed by atoms with E-state index in [4.69, 9.17) is 0 Å². The number of benzene rings is 1. The lowest BCUT2D eigenvalue weighted by Gasteiger charge is -2.10. The number of hydrogen-bond donors (Lipinski definition) is 0. The van der Waals surface area contributed by atoms with Crippen molar-refractivity contribution in [2.75, 3.05) is 11.9 Å². The van der Waals surface area contributed by atoms with Crippen LogP contribution >= 0.6 is 11.3 Å². The van der Waals surface area contributed by atoms with Crippen LogP contribution in [0.15, 0.2) is 34.7 Å². The molecule has 0 bridgehead atoms. The molecule has 0 saturated heterocycles. The van der Waals surface area contributed by atoms with Gasteiger partial charge in [0.15, 0.2) is 0 Å². The number of carbonyl (C=O) groups is 1. The topological polar surface area (TPSA) is 73.3 Å². The maximum atomic E-state index is 12.3. The fourth-order valence-corrected chi connectivity index (χ4v) is 3.06. The van der Waals surface area contributed by atoms with Gasteiger partial charge in [-0.05, 0) is 35.4 Å². The van der Waals surface area contributed by atoms with Gasteiger partial charge < -0.3 is 9.45 Å². The number of aromatic nitrogens is 1. The zero-order valence-electron chi connectivity index (χ0n) is 10.4. The minimum atomic E-state index is -2.32. The highest BCUT2D eigenvalue weighted by Crippen LogP contribution is 2.38. The minimum absolute atomic E-state index is 0.163. The van der Waals surface area contributed by atoms with Crippen molar-refractivity contribution in [1.82, 2.24) is 4.98 Å². The van der Waals surface area contributed by atoms with E-state index in [1.54, 1.807) is 25.4 Å². The van der Waals surface area contributed by atoms with Gasteiger partial charge in [0.05, 0.1) is 11.3 Å². The molecule has 1 unspecified atom stereocenters. The maximum absolute atomic E-state index is 12.3. The average molecular weight is 305 g/mol. The number of nitrogens with zero attached hydrogens (tertiary/aromatic N) is 2. The normalized spacial score (nSPS) is 17.6. The Balaban J connectivity index is 2.17. The number of rotatable bonds is 2. The van der Waals surface area contributed by atoms with Crippen molar-refractivity contribution in [3.8, 4) is 0 Å². The summed E-state index contributed by atoms with van der Waals surface area (Å²) < 4.78 is 22.1. The van der Waals surface area contributed by atoms with Gasteiger partial charge in [-0.25, -0.2) is 4.98 Å². The number of thiazole rings is 1. The number of carbonyl (C=O) groups excluding carboxylic acids is 1. The zero-order chi connectivity index (χ0) is 14.3. The van der Waals surface area contributed by atoms with Crippen LogP contribution < -0.4 is 4.90 Å². The second-order valence-corrected chi connectivity index (χ2v) is 6.07. The van der Waals surface area contributed by atoms with Crippen molar-refractivity contribution in [3.05, 3.63) is 40.3 Å². The first-order valence-corrected chi connectivity index (χ1v) is 7.66. The van der Waals surface area contributed by atoms with Gasteiger partial charge in [0, 0.05) is 29.1 Å². The first-order valence-electron chi connectivity index (χ1n) is 5.71. The third-order valence-corrected chi connectivity index (χ3v) is 4.43. The Morgan fingerprint density at radius 2 is 2.25 bits per heavy atom. The molecule has 5 nitrogen and oxygen atoms in total. The highest BCUT2D eigenvalue weighted by molar-refractivity contribution is 7.79. The fraction of sp³-hybridized carbons (Fsp3) is 0.0769. The van der Waals surface area contributed by atoms with Crippen molar-refractivity contribution in [2.45, 2.75) is 4.90 Å². The summed E-state index contributed by atoms with van der Waals surface area (Å²) in [6, 6.07) is 4.64. The van der Waals surface area contributed by atoms with Gasteiger partial charge in [-0.3, -0.25) is 9.00 Å². The van der Waals surface area contributed by atoms with E-state index in [1.807, 2.05) is 5.38 Å². The van der Waals surface area contributed by atoms with Crippen LogP contribution in [-0.2, 0) is 15.9 Å². The summed E-state index contributed by atoms with van der Waals surface area (Å²) in [5.41, 5.74) is 1.78. The fourth-order valence-electron chi connectivity index (χ4n) is 2.10. The Hall–Kier alpha value is -1.83. The molecule has 1 amide bonds. The first-order chi connectivity index (χ1) is 9.58. The monoisotopic (exact) mass is 305 g/mol. The van der Waals surface area contributed by atoms with Gasteiger partial charge >= 0.3 is 0 Å². The molecule has 3 rings (SSSR count). The molecule has 102 valence electrons. The van der Waals surface area contributed by atoms with Gasteiger partial charge in [0.1, 0.15) is 5.01 Å². The summed E-state index contributed by atoms with van der Waals surface area (Å²) in [5, 5.41) is 2.53. The summed E-state index contributed by atoms with van der Waals surface area (Å²) in [5.74, 6) is -0.163. The highest BCUT2D eigenvalue weighted by atomic mass is 32.2. The molecule has 0 aliphatic carbocycles. The van der Waals surface area contributed by atoms with E-state index in [-0.39, 0.29) is 10.8 Å². The number of anilines is 1. The van der Waals surface area contributed by atoms with E-state index in [9.17, 15) is 13.6 Å². The van der Waals surface area contributed by atoms with Crippen molar-refractivity contribution in [2.24, 2.45) is 0 Å². The molecular weight excluding hydrogens is 296 g/mol. The third-order valence-electron chi connectivity index (χ3n) is 3.07. The average Bonchev–Trinajstić information content (AvgIpc) is 3.02. The Bertz CT molecular complexity index is 738. The summed E-state index contributed by atoms with van der Waals surface area (Å²) >= 11 is -0.899. The Labute approximate surface area is 121 Å². The molecule has 0 N–H and O–H groups in total. The molecule has 1 aliphatic heterocycles. The molecule has 7 heteroatoms. The zero-order valence-corrected chi connectivity index (χ0v) is 12.0. The lowest BCUT2D eigenvalue weighted by atomic mass is 10.1. The van der Waals surface area contributed by atoms with Crippen molar-refractivity contribution in [1.29, 1.82) is 0 Å². The van der Waals surface area contributed by atoms with Gasteiger partial charge in [-0.1, -0.05) is 0 Å². The van der Waals surface area contributed by atoms with Gasteiger partial charge in [0.25, 0.3) is 5.91 Å². The summed E-state index contributed by atoms with van der Waals surface area (Å²) in [6.45, 7) is 0. The predicted octanol–water partition coefficient (Wildman–Crippen LogP) is 1.90. The molecule has 0 fully saturated rings. The Morgan fingerprint density at radius 3 is 2.90 bits per heavy atom. The van der Waals surface area contributed by atoms with Gasteiger partial charge in [0.2, 0.25) is 0 Å². The predicted molar refractivity (Wildman–Crippen MR) is 77.0 cm³/mol. The summed E-state index contributed by atoms with van der Waals surface area (Å²) in [6.07, 6.45) is 3.34. The Morgan fingerprint density at radius 1 is 1.45 bits per heavy atom. The van der Waals surface area contributed by atoms with Crippen LogP contribution in [0.4, 0.5) is 5.69 Å². The van der Waals surface area contributed by atoms with Crippen molar-refractivity contribution < 1.29 is 13.6 Å². The van der Waals surface area contributed by atoms with E-state index in [1.165, 1.54) is 28.4 Å². The second-order valence-electron chi connectivity index (χ2n) is 4.21. The standard InChI is InChI=1S/C13H10N2O3S2/c1-15-11-3-2-8(20(17)18)6-9(11)10(13(15)16)7-12-14-4-5-19-12/h2-7H,1H3,(H,17,18)/p-1/b10-7+. The highest BCUT2D eigenvalue weighted by Gasteiger charge is 2.30. The van der Waals surface area contributed by atoms with Crippen LogP contribution in [0, 0.1) is 0 Å². The molecule has 20 heavy (non-hydrogen) atoms. The number of likely N-dealkylation sites (N-methyl/N-ethyl adjacent to an activating group) is 1. The second kappa shape index (κ2) is 4.93. The van der Waals surface area contributed by atoms with E-state index >= 15 is 0 Å². The molecule has 2 aromatic rings. The van der Waals surface area contributed by atoms with E-state index in [0.717, 1.165) is 0 Å². The molecule has 1 aromatic carbocycles.